The second-order valence-electron chi connectivity index (χ2n) is 8.33. The summed E-state index contributed by atoms with van der Waals surface area (Å²) < 4.78 is 6.01. The molecule has 1 saturated heterocycles. The van der Waals surface area contributed by atoms with E-state index in [1.807, 2.05) is 18.2 Å². The van der Waals surface area contributed by atoms with Gasteiger partial charge in [-0.05, 0) is 37.9 Å². The van der Waals surface area contributed by atoms with Crippen molar-refractivity contribution in [2.45, 2.75) is 45.0 Å². The molecule has 1 N–H and O–H groups in total. The Balaban J connectivity index is 1.30. The van der Waals surface area contributed by atoms with Crippen molar-refractivity contribution in [3.05, 3.63) is 65.7 Å². The molecule has 154 valence electrons. The van der Waals surface area contributed by atoms with Gasteiger partial charge in [0.05, 0.1) is 6.54 Å². The highest BCUT2D eigenvalue weighted by molar-refractivity contribution is 5.78. The van der Waals surface area contributed by atoms with E-state index in [9.17, 15) is 4.79 Å². The van der Waals surface area contributed by atoms with Crippen LogP contribution in [-0.4, -0.2) is 54.0 Å². The summed E-state index contributed by atoms with van der Waals surface area (Å²) in [4.78, 5) is 17.4. The molecule has 1 fully saturated rings. The molecule has 0 aliphatic carbocycles. The van der Waals surface area contributed by atoms with E-state index in [0.717, 1.165) is 56.9 Å². The fraction of sp³-hybridized carbons (Fsp3) is 0.458. The monoisotopic (exact) mass is 393 g/mol. The second kappa shape index (κ2) is 9.42. The van der Waals surface area contributed by atoms with Crippen molar-refractivity contribution >= 4 is 5.91 Å². The van der Waals surface area contributed by atoms with Crippen LogP contribution in [-0.2, 0) is 17.9 Å². The lowest BCUT2D eigenvalue weighted by molar-refractivity contribution is -0.123. The van der Waals surface area contributed by atoms with Crippen molar-refractivity contribution in [2.24, 2.45) is 0 Å². The van der Waals surface area contributed by atoms with Gasteiger partial charge in [0, 0.05) is 37.8 Å². The minimum Gasteiger partial charge on any atom is -0.489 e. The molecule has 0 aromatic heterocycles. The highest BCUT2D eigenvalue weighted by atomic mass is 16.5. The van der Waals surface area contributed by atoms with Gasteiger partial charge in [0.1, 0.15) is 11.9 Å². The Morgan fingerprint density at radius 3 is 2.72 bits per heavy atom. The summed E-state index contributed by atoms with van der Waals surface area (Å²) in [6, 6.07) is 18.9. The number of rotatable bonds is 5. The van der Waals surface area contributed by atoms with Gasteiger partial charge in [-0.25, -0.2) is 0 Å². The van der Waals surface area contributed by atoms with Crippen LogP contribution < -0.4 is 10.1 Å². The number of hydrogen-bond donors (Lipinski definition) is 1. The maximum atomic E-state index is 12.8. The number of carbonyl (C=O) groups excluding carboxylic acids is 1. The molecule has 2 aliphatic heterocycles. The van der Waals surface area contributed by atoms with Crippen molar-refractivity contribution in [1.82, 2.24) is 15.1 Å². The number of benzene rings is 2. The van der Waals surface area contributed by atoms with E-state index in [0.29, 0.717) is 6.54 Å². The van der Waals surface area contributed by atoms with E-state index in [-0.39, 0.29) is 18.1 Å². The third kappa shape index (κ3) is 5.58. The number of likely N-dealkylation sites (tertiary alicyclic amines) is 1. The van der Waals surface area contributed by atoms with Gasteiger partial charge >= 0.3 is 0 Å². The molecule has 2 heterocycles. The predicted octanol–water partition coefficient (Wildman–Crippen LogP) is 3.05. The molecule has 4 rings (SSSR count). The largest absolute Gasteiger partial charge is 0.489 e. The van der Waals surface area contributed by atoms with Crippen molar-refractivity contribution in [2.75, 3.05) is 26.2 Å². The SMILES string of the molecule is CC1CN(CC(=O)NC2CCCN(Cc3ccccc3)C2)Cc2ccccc2O1. The summed E-state index contributed by atoms with van der Waals surface area (Å²) in [7, 11) is 0. The van der Waals surface area contributed by atoms with E-state index in [1.165, 1.54) is 5.56 Å². The first-order valence-corrected chi connectivity index (χ1v) is 10.7. The normalized spacial score (nSPS) is 22.9. The van der Waals surface area contributed by atoms with Crippen LogP contribution in [0.4, 0.5) is 0 Å². The molecule has 1 amide bonds. The molecule has 2 unspecified atom stereocenters. The molecule has 5 heteroatoms. The van der Waals surface area contributed by atoms with Gasteiger partial charge in [0.2, 0.25) is 5.91 Å². The lowest BCUT2D eigenvalue weighted by atomic mass is 10.0. The van der Waals surface area contributed by atoms with Crippen LogP contribution in [0.5, 0.6) is 5.75 Å². The van der Waals surface area contributed by atoms with Crippen molar-refractivity contribution in [1.29, 1.82) is 0 Å². The van der Waals surface area contributed by atoms with Crippen molar-refractivity contribution in [3.63, 3.8) is 0 Å². The third-order valence-corrected chi connectivity index (χ3v) is 5.70. The molecule has 29 heavy (non-hydrogen) atoms. The first-order valence-electron chi connectivity index (χ1n) is 10.7. The minimum absolute atomic E-state index is 0.0718. The highest BCUT2D eigenvalue weighted by Crippen LogP contribution is 2.24. The Bertz CT molecular complexity index is 811. The van der Waals surface area contributed by atoms with E-state index in [2.05, 4.69) is 58.4 Å². The predicted molar refractivity (Wildman–Crippen MR) is 115 cm³/mol. The molecule has 2 atom stereocenters. The van der Waals surface area contributed by atoms with Gasteiger partial charge in [-0.15, -0.1) is 0 Å². The fourth-order valence-electron chi connectivity index (χ4n) is 4.43. The molecular weight excluding hydrogens is 362 g/mol. The molecule has 0 saturated carbocycles. The molecule has 2 aliphatic rings. The highest BCUT2D eigenvalue weighted by Gasteiger charge is 2.25. The smallest absolute Gasteiger partial charge is 0.234 e. The number of piperidine rings is 1. The maximum Gasteiger partial charge on any atom is 0.234 e. The van der Waals surface area contributed by atoms with E-state index >= 15 is 0 Å². The Morgan fingerprint density at radius 1 is 1.07 bits per heavy atom. The summed E-state index contributed by atoms with van der Waals surface area (Å²) >= 11 is 0. The molecule has 0 bridgehead atoms. The van der Waals surface area contributed by atoms with Crippen LogP contribution in [0, 0.1) is 0 Å². The van der Waals surface area contributed by atoms with Gasteiger partial charge in [-0.1, -0.05) is 48.5 Å². The summed E-state index contributed by atoms with van der Waals surface area (Å²) in [5.74, 6) is 1.05. The number of nitrogens with zero attached hydrogens (tertiary/aromatic N) is 2. The summed E-state index contributed by atoms with van der Waals surface area (Å²) in [6.07, 6.45) is 2.25. The minimum atomic E-state index is 0.0718. The molecule has 2 aromatic rings. The Kier molecular flexibility index (Phi) is 6.47. The van der Waals surface area contributed by atoms with Gasteiger partial charge in [-0.2, -0.15) is 0 Å². The Morgan fingerprint density at radius 2 is 1.86 bits per heavy atom. The van der Waals surface area contributed by atoms with E-state index in [4.69, 9.17) is 4.74 Å². The van der Waals surface area contributed by atoms with Gasteiger partial charge in [0.25, 0.3) is 0 Å². The lowest BCUT2D eigenvalue weighted by Gasteiger charge is -2.33. The molecular formula is C24H31N3O2. The standard InChI is InChI=1S/C24H31N3O2/c1-19-14-27(16-21-10-5-6-12-23(21)29-19)18-24(28)25-22-11-7-13-26(17-22)15-20-8-3-2-4-9-20/h2-6,8-10,12,19,22H,7,11,13-18H2,1H3,(H,25,28). The van der Waals surface area contributed by atoms with Crippen LogP contribution in [0.3, 0.4) is 0 Å². The lowest BCUT2D eigenvalue weighted by Crippen LogP contribution is -2.50. The number of carbonyl (C=O) groups is 1. The second-order valence-corrected chi connectivity index (χ2v) is 8.33. The van der Waals surface area contributed by atoms with Crippen molar-refractivity contribution in [3.8, 4) is 5.75 Å². The van der Waals surface area contributed by atoms with Crippen molar-refractivity contribution < 1.29 is 9.53 Å². The number of fused-ring (bicyclic) bond motifs is 1. The topological polar surface area (TPSA) is 44.8 Å². The molecule has 0 radical (unpaired) electrons. The summed E-state index contributed by atoms with van der Waals surface area (Å²) in [5.41, 5.74) is 2.48. The summed E-state index contributed by atoms with van der Waals surface area (Å²) in [6.45, 7) is 6.95. The number of hydrogen-bond acceptors (Lipinski definition) is 4. The quantitative estimate of drug-likeness (QED) is 0.848. The van der Waals surface area contributed by atoms with E-state index < -0.39 is 0 Å². The van der Waals surface area contributed by atoms with Crippen LogP contribution in [0.2, 0.25) is 0 Å². The first-order chi connectivity index (χ1) is 14.2. The fourth-order valence-corrected chi connectivity index (χ4v) is 4.43. The zero-order valence-corrected chi connectivity index (χ0v) is 17.2. The maximum absolute atomic E-state index is 12.8. The Hall–Kier alpha value is -2.37. The molecule has 0 spiro atoms. The van der Waals surface area contributed by atoms with Crippen LogP contribution in [0.1, 0.15) is 30.9 Å². The average Bonchev–Trinajstić information content (AvgIpc) is 2.86. The van der Waals surface area contributed by atoms with Crippen LogP contribution >= 0.6 is 0 Å². The Labute approximate surface area is 173 Å². The zero-order valence-electron chi connectivity index (χ0n) is 17.2. The average molecular weight is 394 g/mol. The first kappa shape index (κ1) is 19.9. The molecule has 2 aromatic carbocycles. The number of ether oxygens (including phenoxy) is 1. The number of nitrogens with one attached hydrogen (secondary N) is 1. The van der Waals surface area contributed by atoms with Gasteiger partial charge in [-0.3, -0.25) is 14.6 Å². The van der Waals surface area contributed by atoms with Crippen LogP contribution in [0.25, 0.3) is 0 Å². The number of para-hydroxylation sites is 1. The molecule has 5 nitrogen and oxygen atoms in total. The summed E-state index contributed by atoms with van der Waals surface area (Å²) in [5, 5.41) is 3.28. The third-order valence-electron chi connectivity index (χ3n) is 5.70. The van der Waals surface area contributed by atoms with E-state index in [1.54, 1.807) is 0 Å². The van der Waals surface area contributed by atoms with Gasteiger partial charge < -0.3 is 10.1 Å². The van der Waals surface area contributed by atoms with Gasteiger partial charge in [0.15, 0.2) is 0 Å². The number of amides is 1. The zero-order chi connectivity index (χ0) is 20.1. The van der Waals surface area contributed by atoms with Crippen LogP contribution in [0.15, 0.2) is 54.6 Å².